The van der Waals surface area contributed by atoms with Crippen molar-refractivity contribution in [2.45, 2.75) is 76.3 Å². The first kappa shape index (κ1) is 35.1. The summed E-state index contributed by atoms with van der Waals surface area (Å²) >= 11 is 0. The molecule has 7 aliphatic rings. The normalized spacial score (nSPS) is 26.8. The highest BCUT2D eigenvalue weighted by Crippen LogP contribution is 2.58. The molecule has 0 radical (unpaired) electrons. The number of fused-ring (bicyclic) bond motifs is 9. The first-order valence-electron chi connectivity index (χ1n) is 22.1. The van der Waals surface area contributed by atoms with E-state index in [2.05, 4.69) is 187 Å². The van der Waals surface area contributed by atoms with Crippen LogP contribution in [0.25, 0.3) is 45.6 Å². The zero-order valence-electron chi connectivity index (χ0n) is 34.1. The summed E-state index contributed by atoms with van der Waals surface area (Å²) in [6.07, 6.45) is 38.0. The number of rotatable bonds is 5. The lowest BCUT2D eigenvalue weighted by molar-refractivity contribution is 0.333. The molecule has 6 atom stereocenters. The maximum Gasteiger partial charge on any atom is 0.0730 e. The molecule has 0 spiro atoms. The van der Waals surface area contributed by atoms with E-state index in [4.69, 9.17) is 4.98 Å². The first-order valence-corrected chi connectivity index (χ1v) is 22.1. The van der Waals surface area contributed by atoms with Crippen molar-refractivity contribution in [2.24, 2.45) is 17.3 Å². The molecular weight excluding hydrogens is 715 g/mol. The Labute approximate surface area is 348 Å². The summed E-state index contributed by atoms with van der Waals surface area (Å²) in [6, 6.07) is 32.6. The van der Waals surface area contributed by atoms with E-state index in [1.807, 2.05) is 0 Å². The van der Waals surface area contributed by atoms with E-state index in [0.29, 0.717) is 35.8 Å². The van der Waals surface area contributed by atoms with Gasteiger partial charge in [0.2, 0.25) is 0 Å². The Hall–Kier alpha value is -5.93. The van der Waals surface area contributed by atoms with Gasteiger partial charge in [0.05, 0.1) is 34.7 Å². The molecule has 6 aliphatic carbocycles. The van der Waals surface area contributed by atoms with E-state index < -0.39 is 0 Å². The van der Waals surface area contributed by atoms with Crippen LogP contribution in [0.3, 0.4) is 0 Å². The number of nitrogens with zero attached hydrogens (tertiary/aromatic N) is 3. The SMILES string of the molecule is CC1(C)C2=CCC(N3c4ccc(C5C=c6c(n(-c7cc(C8=CC=CCC8)nc(-c8ccccc8)c7)c7ccccc67)=CC5)cc4C4CCC=CC43)C=C2C2C=CC=CC21. The number of aromatic nitrogens is 2. The highest BCUT2D eigenvalue weighted by Gasteiger charge is 2.49. The zero-order valence-corrected chi connectivity index (χ0v) is 34.1. The molecule has 3 aromatic carbocycles. The molecule has 5 aromatic rings. The summed E-state index contributed by atoms with van der Waals surface area (Å²) in [4.78, 5) is 8.06. The molecule has 0 N–H and O–H groups in total. The predicted molar refractivity (Wildman–Crippen MR) is 246 cm³/mol. The minimum Gasteiger partial charge on any atom is -0.357 e. The van der Waals surface area contributed by atoms with Gasteiger partial charge >= 0.3 is 0 Å². The topological polar surface area (TPSA) is 21.1 Å². The van der Waals surface area contributed by atoms with E-state index in [9.17, 15) is 0 Å². The van der Waals surface area contributed by atoms with Crippen LogP contribution in [0.15, 0.2) is 163 Å². The maximum absolute atomic E-state index is 5.26. The molecule has 12 rings (SSSR count). The van der Waals surface area contributed by atoms with Crippen LogP contribution in [0.1, 0.15) is 81.0 Å². The Morgan fingerprint density at radius 3 is 2.53 bits per heavy atom. The summed E-state index contributed by atoms with van der Waals surface area (Å²) in [6.45, 7) is 4.91. The molecule has 0 saturated heterocycles. The third kappa shape index (κ3) is 5.50. The van der Waals surface area contributed by atoms with Crippen LogP contribution in [0, 0.1) is 17.3 Å². The van der Waals surface area contributed by atoms with E-state index in [0.717, 1.165) is 49.1 Å². The Morgan fingerprint density at radius 2 is 1.63 bits per heavy atom. The van der Waals surface area contributed by atoms with Gasteiger partial charge in [0.1, 0.15) is 0 Å². The van der Waals surface area contributed by atoms with Crippen molar-refractivity contribution in [2.75, 3.05) is 4.90 Å². The second-order valence-corrected chi connectivity index (χ2v) is 18.4. The molecule has 6 unspecified atom stereocenters. The molecular formula is C56H51N3. The second-order valence-electron chi connectivity index (χ2n) is 18.4. The fourth-order valence-electron chi connectivity index (χ4n) is 12.0. The number of para-hydroxylation sites is 1. The molecule has 3 heteroatoms. The molecule has 0 bridgehead atoms. The van der Waals surface area contributed by atoms with Gasteiger partial charge in [-0.15, -0.1) is 0 Å². The van der Waals surface area contributed by atoms with Crippen LogP contribution in [0.2, 0.25) is 0 Å². The highest BCUT2D eigenvalue weighted by atomic mass is 15.2. The minimum absolute atomic E-state index is 0.171. The van der Waals surface area contributed by atoms with Crippen LogP contribution in [0.5, 0.6) is 0 Å². The molecule has 1 saturated carbocycles. The van der Waals surface area contributed by atoms with Crippen LogP contribution in [-0.2, 0) is 0 Å². The Morgan fingerprint density at radius 1 is 0.763 bits per heavy atom. The van der Waals surface area contributed by atoms with Gasteiger partial charge in [-0.05, 0) is 102 Å². The minimum atomic E-state index is 0.171. The molecule has 59 heavy (non-hydrogen) atoms. The summed E-state index contributed by atoms with van der Waals surface area (Å²) in [5.41, 5.74) is 14.7. The van der Waals surface area contributed by atoms with Crippen LogP contribution in [-0.4, -0.2) is 21.6 Å². The predicted octanol–water partition coefficient (Wildman–Crippen LogP) is 11.8. The van der Waals surface area contributed by atoms with Gasteiger partial charge in [0, 0.05) is 45.0 Å². The lowest BCUT2D eigenvalue weighted by Gasteiger charge is -2.38. The monoisotopic (exact) mass is 765 g/mol. The molecule has 1 fully saturated rings. The maximum atomic E-state index is 5.26. The van der Waals surface area contributed by atoms with Crippen LogP contribution < -0.4 is 15.5 Å². The Kier molecular flexibility index (Phi) is 8.06. The standard InChI is InChI=1S/C56H51N3/c1-56(2)48-22-12-9-19-42(48)45-33-40(27-28-49(45)56)58-52-23-13-10-20-43(52)46-31-38(25-29-54(46)58)39-26-30-55-47(32-39)44-21-11-14-24-53(44)59(55)41-34-50(36-15-5-3-6-16-36)57-51(35-41)37-17-7-4-8-18-37/h3-7,9,11-17,19,21-25,28-35,39-40,42-43,48,52H,8,10,18,20,26-27H2,1-2H3. The molecule has 3 heterocycles. The van der Waals surface area contributed by atoms with E-state index in [1.54, 1.807) is 16.7 Å². The second kappa shape index (κ2) is 13.6. The lowest BCUT2D eigenvalue weighted by Crippen LogP contribution is -2.42. The summed E-state index contributed by atoms with van der Waals surface area (Å²) < 4.78 is 2.50. The van der Waals surface area contributed by atoms with Crippen molar-refractivity contribution < 1.29 is 0 Å². The quantitative estimate of drug-likeness (QED) is 0.166. The molecule has 0 amide bonds. The summed E-state index contributed by atoms with van der Waals surface area (Å²) in [5.74, 6) is 1.88. The Bertz CT molecular complexity index is 2900. The number of hydrogen-bond acceptors (Lipinski definition) is 2. The van der Waals surface area contributed by atoms with Crippen molar-refractivity contribution in [1.82, 2.24) is 9.55 Å². The molecule has 3 nitrogen and oxygen atoms in total. The van der Waals surface area contributed by atoms with Gasteiger partial charge in [0.25, 0.3) is 0 Å². The summed E-state index contributed by atoms with van der Waals surface area (Å²) in [7, 11) is 0. The fraction of sp³-hybridized carbons (Fsp3) is 0.268. The number of anilines is 1. The number of hydrogen-bond donors (Lipinski definition) is 0. The van der Waals surface area contributed by atoms with Crippen molar-refractivity contribution in [1.29, 1.82) is 0 Å². The van der Waals surface area contributed by atoms with Gasteiger partial charge in [-0.1, -0.05) is 153 Å². The van der Waals surface area contributed by atoms with Gasteiger partial charge in [-0.3, -0.25) is 0 Å². The van der Waals surface area contributed by atoms with Gasteiger partial charge in [-0.2, -0.15) is 0 Å². The van der Waals surface area contributed by atoms with E-state index >= 15 is 0 Å². The van der Waals surface area contributed by atoms with Crippen molar-refractivity contribution in [3.63, 3.8) is 0 Å². The van der Waals surface area contributed by atoms with Crippen molar-refractivity contribution in [3.8, 4) is 16.9 Å². The third-order valence-corrected chi connectivity index (χ3v) is 14.9. The van der Waals surface area contributed by atoms with E-state index in [1.165, 1.54) is 50.4 Å². The summed E-state index contributed by atoms with van der Waals surface area (Å²) in [5, 5.41) is 3.95. The smallest absolute Gasteiger partial charge is 0.0730 e. The van der Waals surface area contributed by atoms with Crippen LogP contribution in [0.4, 0.5) is 5.69 Å². The van der Waals surface area contributed by atoms with Gasteiger partial charge in [-0.25, -0.2) is 4.98 Å². The third-order valence-electron chi connectivity index (χ3n) is 14.9. The molecule has 290 valence electrons. The van der Waals surface area contributed by atoms with E-state index in [-0.39, 0.29) is 5.41 Å². The first-order chi connectivity index (χ1) is 29.0. The fourth-order valence-corrected chi connectivity index (χ4v) is 12.0. The largest absolute Gasteiger partial charge is 0.357 e. The average molecular weight is 766 g/mol. The van der Waals surface area contributed by atoms with Crippen molar-refractivity contribution >= 4 is 34.3 Å². The Balaban J connectivity index is 0.937. The molecule has 2 aromatic heterocycles. The number of benzene rings is 3. The number of pyridine rings is 1. The molecule has 1 aliphatic heterocycles. The average Bonchev–Trinajstić information content (AvgIpc) is 3.89. The van der Waals surface area contributed by atoms with Gasteiger partial charge in [0.15, 0.2) is 0 Å². The van der Waals surface area contributed by atoms with Gasteiger partial charge < -0.3 is 9.47 Å². The van der Waals surface area contributed by atoms with Crippen molar-refractivity contribution in [3.05, 3.63) is 190 Å². The van der Waals surface area contributed by atoms with Crippen LogP contribution >= 0.6 is 0 Å². The number of allylic oxidation sites excluding steroid dienone is 11. The highest BCUT2D eigenvalue weighted by molar-refractivity contribution is 5.86. The lowest BCUT2D eigenvalue weighted by atomic mass is 9.75. The zero-order chi connectivity index (χ0) is 39.2.